The molecule has 0 amide bonds. The van der Waals surface area contributed by atoms with E-state index in [1.165, 1.54) is 13.2 Å². The summed E-state index contributed by atoms with van der Waals surface area (Å²) in [5.41, 5.74) is 1.62. The number of hydrogen-bond donors (Lipinski definition) is 2. The highest BCUT2D eigenvalue weighted by Crippen LogP contribution is 2.29. The summed E-state index contributed by atoms with van der Waals surface area (Å²) in [6, 6.07) is 6.72. The van der Waals surface area contributed by atoms with Gasteiger partial charge in [0.1, 0.15) is 0 Å². The molecule has 1 aromatic carbocycles. The van der Waals surface area contributed by atoms with Gasteiger partial charge in [-0.15, -0.1) is 24.0 Å². The fourth-order valence-electron chi connectivity index (χ4n) is 2.28. The normalized spacial score (nSPS) is 11.4. The first kappa shape index (κ1) is 23.9. The molecule has 1 heterocycles. The first-order valence-electron chi connectivity index (χ1n) is 8.44. The van der Waals surface area contributed by atoms with Crippen LogP contribution in [0.2, 0.25) is 0 Å². The standard InChI is InChI=1S/C18H24F2N4O3.HI/c1-11(2)14-8-13(27-24-14)10-23-18(21-3)22-9-12-5-6-15(25-4)16(7-12)26-17(19)20;/h5-8,11,17H,9-10H2,1-4H3,(H2,21,22,23);1H. The van der Waals surface area contributed by atoms with Crippen LogP contribution < -0.4 is 20.1 Å². The van der Waals surface area contributed by atoms with Gasteiger partial charge in [-0.2, -0.15) is 8.78 Å². The minimum Gasteiger partial charge on any atom is -0.493 e. The van der Waals surface area contributed by atoms with Crippen LogP contribution in [0.4, 0.5) is 8.78 Å². The number of aliphatic imine (C=N–C) groups is 1. The summed E-state index contributed by atoms with van der Waals surface area (Å²) in [5.74, 6) is 1.74. The van der Waals surface area contributed by atoms with Crippen LogP contribution in [-0.2, 0) is 13.1 Å². The van der Waals surface area contributed by atoms with Crippen molar-refractivity contribution in [3.8, 4) is 11.5 Å². The van der Waals surface area contributed by atoms with Crippen LogP contribution in [0.3, 0.4) is 0 Å². The Morgan fingerprint density at radius 1 is 1.18 bits per heavy atom. The molecule has 0 aliphatic carbocycles. The SMILES string of the molecule is CN=C(NCc1ccc(OC)c(OC(F)F)c1)NCc1cc(C(C)C)no1.I. The quantitative estimate of drug-likeness (QED) is 0.319. The molecule has 28 heavy (non-hydrogen) atoms. The van der Waals surface area contributed by atoms with Crippen LogP contribution in [0, 0.1) is 0 Å². The van der Waals surface area contributed by atoms with Gasteiger partial charge in [0.25, 0.3) is 0 Å². The van der Waals surface area contributed by atoms with E-state index < -0.39 is 6.61 Å². The predicted molar refractivity (Wildman–Crippen MR) is 113 cm³/mol. The number of ether oxygens (including phenoxy) is 2. The van der Waals surface area contributed by atoms with E-state index in [0.29, 0.717) is 30.7 Å². The number of aromatic nitrogens is 1. The second-order valence-corrected chi connectivity index (χ2v) is 6.02. The lowest BCUT2D eigenvalue weighted by atomic mass is 10.1. The number of nitrogens with one attached hydrogen (secondary N) is 2. The summed E-state index contributed by atoms with van der Waals surface area (Å²) in [6.45, 7) is 1.93. The Labute approximate surface area is 179 Å². The maximum absolute atomic E-state index is 12.5. The number of guanidine groups is 1. The number of nitrogens with zero attached hydrogens (tertiary/aromatic N) is 2. The van der Waals surface area contributed by atoms with Crippen molar-refractivity contribution in [2.45, 2.75) is 39.5 Å². The van der Waals surface area contributed by atoms with E-state index in [4.69, 9.17) is 9.26 Å². The Balaban J connectivity index is 0.00000392. The Hall–Kier alpha value is -2.11. The lowest BCUT2D eigenvalue weighted by molar-refractivity contribution is -0.0512. The number of methoxy groups -OCH3 is 1. The third kappa shape index (κ3) is 7.13. The van der Waals surface area contributed by atoms with Crippen molar-refractivity contribution >= 4 is 29.9 Å². The first-order valence-corrected chi connectivity index (χ1v) is 8.44. The van der Waals surface area contributed by atoms with Crippen molar-refractivity contribution in [2.24, 2.45) is 4.99 Å². The van der Waals surface area contributed by atoms with Crippen molar-refractivity contribution < 1.29 is 22.8 Å². The van der Waals surface area contributed by atoms with Crippen molar-refractivity contribution in [3.05, 3.63) is 41.3 Å². The zero-order valence-electron chi connectivity index (χ0n) is 16.2. The van der Waals surface area contributed by atoms with Gasteiger partial charge in [-0.1, -0.05) is 25.1 Å². The highest BCUT2D eigenvalue weighted by molar-refractivity contribution is 14.0. The van der Waals surface area contributed by atoms with E-state index in [1.807, 2.05) is 19.9 Å². The molecule has 2 aromatic rings. The number of benzene rings is 1. The largest absolute Gasteiger partial charge is 0.493 e. The van der Waals surface area contributed by atoms with E-state index in [-0.39, 0.29) is 35.5 Å². The predicted octanol–water partition coefficient (Wildman–Crippen LogP) is 3.89. The summed E-state index contributed by atoms with van der Waals surface area (Å²) in [5, 5.41) is 10.2. The molecule has 0 spiro atoms. The monoisotopic (exact) mass is 510 g/mol. The molecule has 0 unspecified atom stereocenters. The van der Waals surface area contributed by atoms with Crippen LogP contribution in [0.15, 0.2) is 33.8 Å². The molecule has 1 aromatic heterocycles. The number of alkyl halides is 2. The van der Waals surface area contributed by atoms with Crippen molar-refractivity contribution in [2.75, 3.05) is 14.2 Å². The second kappa shape index (κ2) is 11.7. The van der Waals surface area contributed by atoms with E-state index in [9.17, 15) is 8.78 Å². The Morgan fingerprint density at radius 2 is 1.89 bits per heavy atom. The molecule has 0 atom stereocenters. The average molecular weight is 510 g/mol. The highest BCUT2D eigenvalue weighted by atomic mass is 127. The third-order valence-corrected chi connectivity index (χ3v) is 3.73. The molecule has 10 heteroatoms. The van der Waals surface area contributed by atoms with Crippen molar-refractivity contribution in [3.63, 3.8) is 0 Å². The molecule has 0 aliphatic rings. The van der Waals surface area contributed by atoms with Crippen molar-refractivity contribution in [1.82, 2.24) is 15.8 Å². The maximum Gasteiger partial charge on any atom is 0.387 e. The maximum atomic E-state index is 12.5. The lowest BCUT2D eigenvalue weighted by Gasteiger charge is -2.13. The third-order valence-electron chi connectivity index (χ3n) is 3.73. The summed E-state index contributed by atoms with van der Waals surface area (Å²) in [6.07, 6.45) is 0. The fourth-order valence-corrected chi connectivity index (χ4v) is 2.28. The lowest BCUT2D eigenvalue weighted by Crippen LogP contribution is -2.36. The van der Waals surface area contributed by atoms with E-state index in [0.717, 1.165) is 11.3 Å². The van der Waals surface area contributed by atoms with Gasteiger partial charge < -0.3 is 24.6 Å². The van der Waals surface area contributed by atoms with Gasteiger partial charge >= 0.3 is 6.61 Å². The number of halogens is 3. The van der Waals surface area contributed by atoms with E-state index >= 15 is 0 Å². The average Bonchev–Trinajstić information content (AvgIpc) is 3.11. The molecule has 2 rings (SSSR count). The minimum atomic E-state index is -2.92. The van der Waals surface area contributed by atoms with Gasteiger partial charge in [-0.05, 0) is 23.6 Å². The van der Waals surface area contributed by atoms with Crippen LogP contribution in [-0.4, -0.2) is 31.9 Å². The van der Waals surface area contributed by atoms with Crippen LogP contribution in [0.1, 0.15) is 36.8 Å². The zero-order chi connectivity index (χ0) is 19.8. The summed E-state index contributed by atoms with van der Waals surface area (Å²) in [7, 11) is 3.03. The first-order chi connectivity index (χ1) is 12.9. The smallest absolute Gasteiger partial charge is 0.387 e. The van der Waals surface area contributed by atoms with E-state index in [2.05, 4.69) is 25.5 Å². The molecule has 156 valence electrons. The van der Waals surface area contributed by atoms with Gasteiger partial charge in [-0.25, -0.2) is 0 Å². The van der Waals surface area contributed by atoms with Gasteiger partial charge in [0.15, 0.2) is 23.2 Å². The number of rotatable bonds is 8. The highest BCUT2D eigenvalue weighted by Gasteiger charge is 2.12. The van der Waals surface area contributed by atoms with Crippen LogP contribution in [0.25, 0.3) is 0 Å². The molecule has 0 radical (unpaired) electrons. The molecule has 0 fully saturated rings. The fraction of sp³-hybridized carbons (Fsp3) is 0.444. The molecule has 2 N–H and O–H groups in total. The molecular weight excluding hydrogens is 485 g/mol. The van der Waals surface area contributed by atoms with Crippen molar-refractivity contribution in [1.29, 1.82) is 0 Å². The minimum absolute atomic E-state index is 0. The summed E-state index contributed by atoms with van der Waals surface area (Å²) < 4.78 is 39.8. The molecule has 7 nitrogen and oxygen atoms in total. The molecule has 0 saturated carbocycles. The second-order valence-electron chi connectivity index (χ2n) is 6.02. The Kier molecular flexibility index (Phi) is 9.97. The molecule has 0 saturated heterocycles. The van der Waals surface area contributed by atoms with Gasteiger partial charge in [-0.3, -0.25) is 4.99 Å². The molecule has 0 bridgehead atoms. The zero-order valence-corrected chi connectivity index (χ0v) is 18.5. The topological polar surface area (TPSA) is 80.9 Å². The van der Waals surface area contributed by atoms with Gasteiger partial charge in [0.05, 0.1) is 19.3 Å². The summed E-state index contributed by atoms with van der Waals surface area (Å²) >= 11 is 0. The van der Waals surface area contributed by atoms with E-state index in [1.54, 1.807) is 19.2 Å². The van der Waals surface area contributed by atoms with Gasteiger partial charge in [0.2, 0.25) is 0 Å². The van der Waals surface area contributed by atoms with Crippen LogP contribution >= 0.6 is 24.0 Å². The Morgan fingerprint density at radius 3 is 2.46 bits per heavy atom. The summed E-state index contributed by atoms with van der Waals surface area (Å²) in [4.78, 5) is 4.12. The Bertz CT molecular complexity index is 769. The van der Waals surface area contributed by atoms with Gasteiger partial charge in [0, 0.05) is 19.7 Å². The number of hydrogen-bond acceptors (Lipinski definition) is 5. The molecular formula is C18H25F2IN4O3. The van der Waals surface area contributed by atoms with Crippen LogP contribution in [0.5, 0.6) is 11.5 Å². The molecule has 0 aliphatic heterocycles.